The first kappa shape index (κ1) is 20.6. The van der Waals surface area contributed by atoms with Gasteiger partial charge in [0.05, 0.1) is 12.3 Å². The maximum Gasteiger partial charge on any atom is 0.317 e. The summed E-state index contributed by atoms with van der Waals surface area (Å²) in [4.78, 5) is 16.5. The summed E-state index contributed by atoms with van der Waals surface area (Å²) in [5.41, 5.74) is 8.05. The van der Waals surface area contributed by atoms with Gasteiger partial charge >= 0.3 is 6.03 Å². The van der Waals surface area contributed by atoms with Gasteiger partial charge in [0.25, 0.3) is 0 Å². The maximum absolute atomic E-state index is 13.1. The minimum Gasteiger partial charge on any atom is -0.507 e. The third-order valence-corrected chi connectivity index (χ3v) is 4.92. The molecule has 8 heteroatoms. The standard InChI is InChI=1S/C21H27FN4O3/c1-2-29-20-13-17(6-7-18(20)23)25-8-3-9-26(11-10-25)21(28)24-14-15-4-5-16(22)12-19(15)27/h4-7,12-13,27H,2-3,8-11,14,23H2,1H3,(H,24,28). The average molecular weight is 402 g/mol. The fourth-order valence-corrected chi connectivity index (χ4v) is 3.35. The summed E-state index contributed by atoms with van der Waals surface area (Å²) in [5.74, 6) is -0.0101. The molecule has 2 aromatic carbocycles. The third kappa shape index (κ3) is 5.22. The Labute approximate surface area is 169 Å². The fraction of sp³-hybridized carbons (Fsp3) is 0.381. The fourth-order valence-electron chi connectivity index (χ4n) is 3.35. The molecule has 0 aromatic heterocycles. The van der Waals surface area contributed by atoms with Crippen LogP contribution in [0.4, 0.5) is 20.6 Å². The Balaban J connectivity index is 1.58. The van der Waals surface area contributed by atoms with Crippen molar-refractivity contribution < 1.29 is 19.0 Å². The number of nitrogen functional groups attached to an aromatic ring is 1. The SMILES string of the molecule is CCOc1cc(N2CCCN(C(=O)NCc3ccc(F)cc3O)CC2)ccc1N. The summed E-state index contributed by atoms with van der Waals surface area (Å²) in [6.07, 6.45) is 0.823. The molecule has 1 aliphatic heterocycles. The highest BCUT2D eigenvalue weighted by Gasteiger charge is 2.20. The zero-order valence-corrected chi connectivity index (χ0v) is 16.5. The zero-order chi connectivity index (χ0) is 20.8. The highest BCUT2D eigenvalue weighted by molar-refractivity contribution is 5.74. The van der Waals surface area contributed by atoms with Gasteiger partial charge in [-0.15, -0.1) is 0 Å². The lowest BCUT2D eigenvalue weighted by Crippen LogP contribution is -2.41. The summed E-state index contributed by atoms with van der Waals surface area (Å²) in [7, 11) is 0. The van der Waals surface area contributed by atoms with Crippen molar-refractivity contribution in [3.63, 3.8) is 0 Å². The second-order valence-electron chi connectivity index (χ2n) is 6.91. The van der Waals surface area contributed by atoms with Crippen molar-refractivity contribution in [1.82, 2.24) is 10.2 Å². The van der Waals surface area contributed by atoms with E-state index < -0.39 is 5.82 Å². The number of anilines is 2. The molecule has 0 bridgehead atoms. The molecule has 0 spiro atoms. The van der Waals surface area contributed by atoms with Crippen molar-refractivity contribution in [2.45, 2.75) is 19.9 Å². The van der Waals surface area contributed by atoms with Crippen LogP contribution in [0.2, 0.25) is 0 Å². The highest BCUT2D eigenvalue weighted by Crippen LogP contribution is 2.28. The number of carbonyl (C=O) groups excluding carboxylic acids is 1. The number of hydrogen-bond donors (Lipinski definition) is 3. The van der Waals surface area contributed by atoms with E-state index in [1.165, 1.54) is 12.1 Å². The molecule has 0 radical (unpaired) electrons. The first-order valence-corrected chi connectivity index (χ1v) is 9.75. The van der Waals surface area contributed by atoms with Crippen molar-refractivity contribution in [3.8, 4) is 11.5 Å². The molecule has 0 aliphatic carbocycles. The molecule has 29 heavy (non-hydrogen) atoms. The Morgan fingerprint density at radius 2 is 2.03 bits per heavy atom. The summed E-state index contributed by atoms with van der Waals surface area (Å²) < 4.78 is 18.7. The van der Waals surface area contributed by atoms with Gasteiger partial charge in [0.15, 0.2) is 0 Å². The van der Waals surface area contributed by atoms with Crippen molar-refractivity contribution >= 4 is 17.4 Å². The van der Waals surface area contributed by atoms with Gasteiger partial charge in [0.2, 0.25) is 0 Å². The van der Waals surface area contributed by atoms with E-state index in [4.69, 9.17) is 10.5 Å². The molecule has 1 aliphatic rings. The number of ether oxygens (including phenoxy) is 1. The molecule has 0 atom stereocenters. The van der Waals surface area contributed by atoms with Crippen LogP contribution in [-0.2, 0) is 6.54 Å². The molecule has 1 saturated heterocycles. The molecule has 1 fully saturated rings. The number of urea groups is 1. The van der Waals surface area contributed by atoms with E-state index in [2.05, 4.69) is 10.2 Å². The van der Waals surface area contributed by atoms with Crippen molar-refractivity contribution in [1.29, 1.82) is 0 Å². The second kappa shape index (κ2) is 9.36. The maximum atomic E-state index is 13.1. The number of nitrogens with one attached hydrogen (secondary N) is 1. The molecule has 2 aromatic rings. The monoisotopic (exact) mass is 402 g/mol. The van der Waals surface area contributed by atoms with E-state index in [1.54, 1.807) is 4.90 Å². The van der Waals surface area contributed by atoms with Crippen LogP contribution in [0.1, 0.15) is 18.9 Å². The highest BCUT2D eigenvalue weighted by atomic mass is 19.1. The number of nitrogens with two attached hydrogens (primary N) is 1. The molecular weight excluding hydrogens is 375 g/mol. The number of phenols is 1. The number of amides is 2. The van der Waals surface area contributed by atoms with Crippen LogP contribution in [-0.4, -0.2) is 48.8 Å². The summed E-state index contributed by atoms with van der Waals surface area (Å²) in [6.45, 7) is 5.30. The number of nitrogens with zero attached hydrogens (tertiary/aromatic N) is 2. The number of halogens is 1. The van der Waals surface area contributed by atoms with Crippen LogP contribution >= 0.6 is 0 Å². The predicted molar refractivity (Wildman–Crippen MR) is 111 cm³/mol. The van der Waals surface area contributed by atoms with Crippen LogP contribution in [0.3, 0.4) is 0 Å². The minimum atomic E-state index is -0.514. The van der Waals surface area contributed by atoms with Gasteiger partial charge in [-0.25, -0.2) is 9.18 Å². The quantitative estimate of drug-likeness (QED) is 0.669. The molecule has 2 amide bonds. The smallest absolute Gasteiger partial charge is 0.317 e. The lowest BCUT2D eigenvalue weighted by Gasteiger charge is -2.24. The average Bonchev–Trinajstić information content (AvgIpc) is 2.95. The number of rotatable bonds is 5. The molecule has 156 valence electrons. The second-order valence-corrected chi connectivity index (χ2v) is 6.91. The molecule has 4 N–H and O–H groups in total. The number of phenolic OH excluding ortho intramolecular Hbond substituents is 1. The number of hydrogen-bond acceptors (Lipinski definition) is 5. The van der Waals surface area contributed by atoms with Crippen LogP contribution in [0.25, 0.3) is 0 Å². The first-order valence-electron chi connectivity index (χ1n) is 9.75. The van der Waals surface area contributed by atoms with Crippen molar-refractivity contribution in [2.24, 2.45) is 0 Å². The number of carbonyl (C=O) groups is 1. The minimum absolute atomic E-state index is 0.140. The van der Waals surface area contributed by atoms with Crippen LogP contribution in [0, 0.1) is 5.82 Å². The molecule has 0 unspecified atom stereocenters. The van der Waals surface area contributed by atoms with E-state index in [9.17, 15) is 14.3 Å². The van der Waals surface area contributed by atoms with E-state index in [1.807, 2.05) is 25.1 Å². The zero-order valence-electron chi connectivity index (χ0n) is 16.5. The van der Waals surface area contributed by atoms with Crippen LogP contribution in [0.5, 0.6) is 11.5 Å². The summed E-state index contributed by atoms with van der Waals surface area (Å²) in [6, 6.07) is 9.29. The first-order chi connectivity index (χ1) is 14.0. The van der Waals surface area contributed by atoms with E-state index in [0.717, 1.165) is 24.7 Å². The van der Waals surface area contributed by atoms with Crippen LogP contribution < -0.4 is 20.7 Å². The molecule has 0 saturated carbocycles. The predicted octanol–water partition coefficient (Wildman–Crippen LogP) is 2.93. The number of aromatic hydroxyl groups is 1. The molecule has 7 nitrogen and oxygen atoms in total. The summed E-state index contributed by atoms with van der Waals surface area (Å²) in [5, 5.41) is 12.6. The lowest BCUT2D eigenvalue weighted by atomic mass is 10.2. The normalized spacial score (nSPS) is 14.4. The molecule has 3 rings (SSSR count). The lowest BCUT2D eigenvalue weighted by molar-refractivity contribution is 0.201. The number of benzene rings is 2. The van der Waals surface area contributed by atoms with E-state index in [0.29, 0.717) is 43.2 Å². The van der Waals surface area contributed by atoms with Crippen molar-refractivity contribution in [2.75, 3.05) is 43.4 Å². The van der Waals surface area contributed by atoms with Gasteiger partial charge in [-0.1, -0.05) is 6.07 Å². The Morgan fingerprint density at radius 3 is 2.79 bits per heavy atom. The molecule has 1 heterocycles. The Morgan fingerprint density at radius 1 is 1.21 bits per heavy atom. The van der Waals surface area contributed by atoms with Gasteiger partial charge in [0.1, 0.15) is 17.3 Å². The Bertz CT molecular complexity index is 862. The van der Waals surface area contributed by atoms with E-state index in [-0.39, 0.29) is 18.3 Å². The van der Waals surface area contributed by atoms with Gasteiger partial charge in [-0.2, -0.15) is 0 Å². The van der Waals surface area contributed by atoms with Gasteiger partial charge in [-0.05, 0) is 31.5 Å². The topological polar surface area (TPSA) is 91.1 Å². The van der Waals surface area contributed by atoms with Crippen LogP contribution in [0.15, 0.2) is 36.4 Å². The van der Waals surface area contributed by atoms with E-state index >= 15 is 0 Å². The Kier molecular flexibility index (Phi) is 6.64. The van der Waals surface area contributed by atoms with Gasteiger partial charge in [-0.3, -0.25) is 0 Å². The largest absolute Gasteiger partial charge is 0.507 e. The van der Waals surface area contributed by atoms with Gasteiger partial charge in [0, 0.05) is 56.1 Å². The Hall–Kier alpha value is -3.16. The van der Waals surface area contributed by atoms with Crippen molar-refractivity contribution in [3.05, 3.63) is 47.8 Å². The third-order valence-electron chi connectivity index (χ3n) is 4.92. The van der Waals surface area contributed by atoms with Gasteiger partial charge < -0.3 is 30.7 Å². The molecular formula is C21H27FN4O3. The summed E-state index contributed by atoms with van der Waals surface area (Å²) >= 11 is 0.